The summed E-state index contributed by atoms with van der Waals surface area (Å²) in [4.78, 5) is 0. The highest BCUT2D eigenvalue weighted by Crippen LogP contribution is 2.33. The maximum atomic E-state index is 13.9. The van der Waals surface area contributed by atoms with Gasteiger partial charge in [-0.1, -0.05) is 38.3 Å². The Balaban J connectivity index is 2.62. The summed E-state index contributed by atoms with van der Waals surface area (Å²) >= 11 is 5.89. The summed E-state index contributed by atoms with van der Waals surface area (Å²) in [5.74, 6) is 0.0265. The molecule has 0 unspecified atom stereocenters. The molecule has 0 N–H and O–H groups in total. The Hall–Kier alpha value is -0.960. The molecule has 0 heterocycles. The van der Waals surface area contributed by atoms with E-state index in [1.807, 2.05) is 6.92 Å². The van der Waals surface area contributed by atoms with E-state index in [9.17, 15) is 4.39 Å². The highest BCUT2D eigenvalue weighted by Gasteiger charge is 2.13. The highest BCUT2D eigenvalue weighted by molar-refractivity contribution is 6.32. The third kappa shape index (κ3) is 4.37. The molecule has 0 aromatic heterocycles. The van der Waals surface area contributed by atoms with Gasteiger partial charge in [0.2, 0.25) is 0 Å². The van der Waals surface area contributed by atoms with Gasteiger partial charge in [-0.3, -0.25) is 0 Å². The van der Waals surface area contributed by atoms with Crippen molar-refractivity contribution in [1.82, 2.24) is 0 Å². The third-order valence-corrected chi connectivity index (χ3v) is 2.83. The van der Waals surface area contributed by atoms with Crippen LogP contribution in [0.5, 0.6) is 11.5 Å². The topological polar surface area (TPSA) is 18.5 Å². The molecule has 0 aliphatic carbocycles. The van der Waals surface area contributed by atoms with Gasteiger partial charge in [0.25, 0.3) is 0 Å². The molecule has 0 fully saturated rings. The fourth-order valence-electron chi connectivity index (χ4n) is 1.48. The maximum Gasteiger partial charge on any atom is 0.187 e. The molecule has 0 atom stereocenters. The number of hydrogen-bond donors (Lipinski definition) is 0. The Morgan fingerprint density at radius 3 is 2.33 bits per heavy atom. The first-order valence-corrected chi connectivity index (χ1v) is 6.82. The molecule has 0 saturated carbocycles. The van der Waals surface area contributed by atoms with Crippen LogP contribution in [0.3, 0.4) is 0 Å². The van der Waals surface area contributed by atoms with Crippen molar-refractivity contribution in [2.24, 2.45) is 0 Å². The van der Waals surface area contributed by atoms with Crippen LogP contribution in [-0.4, -0.2) is 13.2 Å². The monoisotopic (exact) mass is 274 g/mol. The largest absolute Gasteiger partial charge is 0.492 e. The quantitative estimate of drug-likeness (QED) is 0.632. The summed E-state index contributed by atoms with van der Waals surface area (Å²) in [6, 6.07) is 3.22. The van der Waals surface area contributed by atoms with E-state index < -0.39 is 5.82 Å². The predicted molar refractivity (Wildman–Crippen MR) is 72.2 cm³/mol. The van der Waals surface area contributed by atoms with E-state index in [1.165, 1.54) is 0 Å². The molecular weight excluding hydrogens is 255 g/mol. The number of benzene rings is 1. The van der Waals surface area contributed by atoms with E-state index in [4.69, 9.17) is 21.1 Å². The molecule has 18 heavy (non-hydrogen) atoms. The van der Waals surface area contributed by atoms with Gasteiger partial charge < -0.3 is 9.47 Å². The zero-order chi connectivity index (χ0) is 13.4. The second-order valence-corrected chi connectivity index (χ2v) is 4.47. The number of ether oxygens (including phenoxy) is 2. The summed E-state index contributed by atoms with van der Waals surface area (Å²) in [6.07, 6.45) is 3.96. The van der Waals surface area contributed by atoms with Crippen LogP contribution in [0.4, 0.5) is 4.39 Å². The summed E-state index contributed by atoms with van der Waals surface area (Å²) in [5.41, 5.74) is 0. The standard InChI is InChI=1S/C14H20ClFO2/c1-3-5-6-10-18-12-8-7-11(17-9-4-2)13(15)14(12)16/h7-8H,3-6,9-10H2,1-2H3. The van der Waals surface area contributed by atoms with Gasteiger partial charge in [0.05, 0.1) is 13.2 Å². The Morgan fingerprint density at radius 1 is 1.00 bits per heavy atom. The second-order valence-electron chi connectivity index (χ2n) is 4.09. The summed E-state index contributed by atoms with van der Waals surface area (Å²) in [6.45, 7) is 5.12. The van der Waals surface area contributed by atoms with Crippen molar-refractivity contribution >= 4 is 11.6 Å². The molecule has 2 nitrogen and oxygen atoms in total. The van der Waals surface area contributed by atoms with Crippen molar-refractivity contribution in [1.29, 1.82) is 0 Å². The second kappa shape index (κ2) is 8.20. The fraction of sp³-hybridized carbons (Fsp3) is 0.571. The first kappa shape index (κ1) is 15.1. The molecule has 4 heteroatoms. The van der Waals surface area contributed by atoms with Crippen molar-refractivity contribution in [3.8, 4) is 11.5 Å². The molecule has 0 aliphatic rings. The lowest BCUT2D eigenvalue weighted by atomic mass is 10.2. The van der Waals surface area contributed by atoms with Crippen molar-refractivity contribution in [3.05, 3.63) is 23.0 Å². The van der Waals surface area contributed by atoms with E-state index in [2.05, 4.69) is 6.92 Å². The minimum absolute atomic E-state index is 0.00329. The molecule has 0 bridgehead atoms. The molecule has 1 rings (SSSR count). The number of hydrogen-bond acceptors (Lipinski definition) is 2. The van der Waals surface area contributed by atoms with Crippen LogP contribution in [0.15, 0.2) is 12.1 Å². The van der Waals surface area contributed by atoms with Gasteiger partial charge >= 0.3 is 0 Å². The van der Waals surface area contributed by atoms with Gasteiger partial charge in [-0.05, 0) is 25.0 Å². The average molecular weight is 275 g/mol. The predicted octanol–water partition coefficient (Wildman–Crippen LogP) is 4.84. The molecule has 1 aromatic carbocycles. The molecule has 0 amide bonds. The Morgan fingerprint density at radius 2 is 1.67 bits per heavy atom. The summed E-state index contributed by atoms with van der Waals surface area (Å²) in [5, 5.41) is -0.00329. The lowest BCUT2D eigenvalue weighted by Gasteiger charge is -2.11. The fourth-order valence-corrected chi connectivity index (χ4v) is 1.69. The van der Waals surface area contributed by atoms with E-state index in [0.717, 1.165) is 25.7 Å². The molecule has 0 saturated heterocycles. The van der Waals surface area contributed by atoms with Gasteiger partial charge in [-0.25, -0.2) is 4.39 Å². The van der Waals surface area contributed by atoms with Crippen molar-refractivity contribution < 1.29 is 13.9 Å². The SMILES string of the molecule is CCCCCOc1ccc(OCCC)c(Cl)c1F. The van der Waals surface area contributed by atoms with E-state index in [0.29, 0.717) is 19.0 Å². The summed E-state index contributed by atoms with van der Waals surface area (Å²) < 4.78 is 24.6. The normalized spacial score (nSPS) is 10.4. The lowest BCUT2D eigenvalue weighted by Crippen LogP contribution is -2.01. The number of halogens is 2. The molecule has 0 aliphatic heterocycles. The lowest BCUT2D eigenvalue weighted by molar-refractivity contribution is 0.286. The van der Waals surface area contributed by atoms with Crippen LogP contribution < -0.4 is 9.47 Å². The van der Waals surface area contributed by atoms with Crippen LogP contribution in [0.1, 0.15) is 39.5 Å². The zero-order valence-corrected chi connectivity index (χ0v) is 11.7. The number of rotatable bonds is 8. The van der Waals surface area contributed by atoms with Crippen LogP contribution in [-0.2, 0) is 0 Å². The smallest absolute Gasteiger partial charge is 0.187 e. The number of unbranched alkanes of at least 4 members (excludes halogenated alkanes) is 2. The van der Waals surface area contributed by atoms with E-state index >= 15 is 0 Å². The Bertz CT molecular complexity index is 369. The van der Waals surface area contributed by atoms with Gasteiger partial charge in [0.15, 0.2) is 11.6 Å². The molecule has 102 valence electrons. The highest BCUT2D eigenvalue weighted by atomic mass is 35.5. The van der Waals surface area contributed by atoms with Gasteiger partial charge in [0.1, 0.15) is 10.8 Å². The van der Waals surface area contributed by atoms with Crippen molar-refractivity contribution in [3.63, 3.8) is 0 Å². The average Bonchev–Trinajstić information content (AvgIpc) is 2.38. The Labute approximate surface area is 113 Å². The first-order valence-electron chi connectivity index (χ1n) is 6.44. The van der Waals surface area contributed by atoms with E-state index in [1.54, 1.807) is 12.1 Å². The van der Waals surface area contributed by atoms with Crippen LogP contribution in [0.25, 0.3) is 0 Å². The zero-order valence-electron chi connectivity index (χ0n) is 11.0. The van der Waals surface area contributed by atoms with Crippen molar-refractivity contribution in [2.75, 3.05) is 13.2 Å². The molecule has 1 aromatic rings. The van der Waals surface area contributed by atoms with Crippen LogP contribution >= 0.6 is 11.6 Å². The first-order chi connectivity index (χ1) is 8.70. The minimum atomic E-state index is -0.540. The Kier molecular flexibility index (Phi) is 6.88. The van der Waals surface area contributed by atoms with Crippen molar-refractivity contribution in [2.45, 2.75) is 39.5 Å². The van der Waals surface area contributed by atoms with Gasteiger partial charge in [0, 0.05) is 0 Å². The third-order valence-electron chi connectivity index (χ3n) is 2.48. The summed E-state index contributed by atoms with van der Waals surface area (Å²) in [7, 11) is 0. The maximum absolute atomic E-state index is 13.9. The molecule has 0 spiro atoms. The van der Waals surface area contributed by atoms with Gasteiger partial charge in [-0.2, -0.15) is 0 Å². The van der Waals surface area contributed by atoms with E-state index in [-0.39, 0.29) is 10.8 Å². The van der Waals surface area contributed by atoms with Gasteiger partial charge in [-0.15, -0.1) is 0 Å². The molecule has 0 radical (unpaired) electrons. The molecular formula is C14H20ClFO2. The minimum Gasteiger partial charge on any atom is -0.492 e. The van der Waals surface area contributed by atoms with Crippen LogP contribution in [0.2, 0.25) is 5.02 Å². The van der Waals surface area contributed by atoms with Crippen LogP contribution in [0, 0.1) is 5.82 Å².